The van der Waals surface area contributed by atoms with Gasteiger partial charge in [-0.2, -0.15) is 0 Å². The predicted octanol–water partition coefficient (Wildman–Crippen LogP) is 3.02. The van der Waals surface area contributed by atoms with Crippen molar-refractivity contribution < 1.29 is 14.4 Å². The van der Waals surface area contributed by atoms with Crippen LogP contribution >= 0.6 is 0 Å². The Balaban J connectivity index is 1.75. The predicted molar refractivity (Wildman–Crippen MR) is 79.2 cm³/mol. The molecule has 0 bridgehead atoms. The molecule has 21 heavy (non-hydrogen) atoms. The lowest BCUT2D eigenvalue weighted by Gasteiger charge is -2.06. The van der Waals surface area contributed by atoms with E-state index >= 15 is 0 Å². The molecule has 0 saturated heterocycles. The molecule has 0 radical (unpaired) electrons. The summed E-state index contributed by atoms with van der Waals surface area (Å²) in [7, 11) is 0. The van der Waals surface area contributed by atoms with Gasteiger partial charge in [-0.15, -0.1) is 0 Å². The summed E-state index contributed by atoms with van der Waals surface area (Å²) in [6.07, 6.45) is 0.117. The van der Waals surface area contributed by atoms with Crippen LogP contribution in [0.25, 0.3) is 11.0 Å². The minimum absolute atomic E-state index is 0.117. The lowest BCUT2D eigenvalue weighted by atomic mass is 10.1. The number of aryl methyl sites for hydroxylation is 1. The van der Waals surface area contributed by atoms with Crippen LogP contribution in [0, 0.1) is 6.92 Å². The van der Waals surface area contributed by atoms with E-state index in [-0.39, 0.29) is 18.1 Å². The van der Waals surface area contributed by atoms with Gasteiger partial charge in [0, 0.05) is 17.1 Å². The van der Waals surface area contributed by atoms with Crippen molar-refractivity contribution in [3.8, 4) is 5.75 Å². The van der Waals surface area contributed by atoms with Gasteiger partial charge in [0.25, 0.3) is 0 Å². The number of benzene rings is 2. The zero-order chi connectivity index (χ0) is 14.8. The molecular weight excluding hydrogens is 268 g/mol. The fourth-order valence-corrected chi connectivity index (χ4v) is 2.11. The number of aromatic nitrogens is 1. The van der Waals surface area contributed by atoms with Gasteiger partial charge in [-0.1, -0.05) is 23.4 Å². The lowest BCUT2D eigenvalue weighted by molar-refractivity contribution is -0.115. The second kappa shape index (κ2) is 5.28. The van der Waals surface area contributed by atoms with Crippen LogP contribution in [0.15, 0.2) is 47.0 Å². The molecule has 0 aliphatic carbocycles. The number of phenolic OH excluding ortho intramolecular Hbond substituents is 1. The Bertz CT molecular complexity index is 808. The van der Waals surface area contributed by atoms with Crippen LogP contribution in [0.4, 0.5) is 5.69 Å². The summed E-state index contributed by atoms with van der Waals surface area (Å²) >= 11 is 0. The van der Waals surface area contributed by atoms with Crippen LogP contribution in [-0.4, -0.2) is 16.2 Å². The highest BCUT2D eigenvalue weighted by Gasteiger charge is 2.12. The zero-order valence-electron chi connectivity index (χ0n) is 11.5. The topological polar surface area (TPSA) is 75.4 Å². The van der Waals surface area contributed by atoms with Crippen LogP contribution in [0.1, 0.15) is 11.3 Å². The molecule has 1 amide bonds. The normalized spacial score (nSPS) is 10.7. The van der Waals surface area contributed by atoms with E-state index in [1.54, 1.807) is 19.1 Å². The molecule has 0 aliphatic rings. The van der Waals surface area contributed by atoms with Crippen molar-refractivity contribution in [2.75, 3.05) is 5.32 Å². The third-order valence-corrected chi connectivity index (χ3v) is 3.27. The van der Waals surface area contributed by atoms with Gasteiger partial charge in [0.1, 0.15) is 11.4 Å². The quantitative estimate of drug-likeness (QED) is 0.774. The van der Waals surface area contributed by atoms with Crippen molar-refractivity contribution >= 4 is 22.6 Å². The van der Waals surface area contributed by atoms with E-state index < -0.39 is 0 Å². The molecule has 1 heterocycles. The number of fused-ring (bicyclic) bond motifs is 1. The Kier molecular flexibility index (Phi) is 3.31. The highest BCUT2D eigenvalue weighted by Crippen LogP contribution is 2.22. The van der Waals surface area contributed by atoms with E-state index in [1.807, 2.05) is 24.3 Å². The Labute approximate surface area is 121 Å². The molecule has 0 spiro atoms. The molecule has 2 aromatic carbocycles. The number of amides is 1. The van der Waals surface area contributed by atoms with E-state index in [1.165, 1.54) is 6.07 Å². The van der Waals surface area contributed by atoms with Crippen LogP contribution in [0.2, 0.25) is 0 Å². The van der Waals surface area contributed by atoms with E-state index in [0.717, 1.165) is 10.9 Å². The maximum atomic E-state index is 12.0. The molecule has 0 atom stereocenters. The fourth-order valence-electron chi connectivity index (χ4n) is 2.11. The third-order valence-electron chi connectivity index (χ3n) is 3.27. The summed E-state index contributed by atoms with van der Waals surface area (Å²) < 4.78 is 5.16. The first-order valence-corrected chi connectivity index (χ1v) is 6.56. The number of hydrogen-bond acceptors (Lipinski definition) is 4. The smallest absolute Gasteiger partial charge is 0.230 e. The number of phenols is 1. The van der Waals surface area contributed by atoms with Gasteiger partial charge in [0.05, 0.1) is 6.42 Å². The van der Waals surface area contributed by atoms with Crippen molar-refractivity contribution in [1.82, 2.24) is 5.16 Å². The number of aromatic hydroxyl groups is 1. The molecular formula is C16H14N2O3. The van der Waals surface area contributed by atoms with E-state index in [2.05, 4.69) is 10.5 Å². The summed E-state index contributed by atoms with van der Waals surface area (Å²) in [6.45, 7) is 1.79. The molecule has 5 heteroatoms. The maximum Gasteiger partial charge on any atom is 0.230 e. The van der Waals surface area contributed by atoms with Crippen LogP contribution in [-0.2, 0) is 11.2 Å². The highest BCUT2D eigenvalue weighted by atomic mass is 16.5. The van der Waals surface area contributed by atoms with Crippen molar-refractivity contribution in [2.24, 2.45) is 0 Å². The highest BCUT2D eigenvalue weighted by molar-refractivity contribution is 5.94. The number of hydrogen-bond donors (Lipinski definition) is 2. The molecule has 0 fully saturated rings. The summed E-state index contributed by atoms with van der Waals surface area (Å²) in [5, 5.41) is 17.1. The van der Waals surface area contributed by atoms with Gasteiger partial charge in [-0.05, 0) is 30.7 Å². The van der Waals surface area contributed by atoms with Crippen molar-refractivity contribution in [2.45, 2.75) is 13.3 Å². The van der Waals surface area contributed by atoms with E-state index in [9.17, 15) is 9.90 Å². The number of rotatable bonds is 3. The first-order valence-electron chi connectivity index (χ1n) is 6.56. The zero-order valence-corrected chi connectivity index (χ0v) is 11.5. The molecule has 1 aromatic heterocycles. The second-order valence-electron chi connectivity index (χ2n) is 4.85. The summed E-state index contributed by atoms with van der Waals surface area (Å²) in [5.41, 5.74) is 2.57. The number of carbonyl (C=O) groups is 1. The molecule has 0 unspecified atom stereocenters. The van der Waals surface area contributed by atoms with Crippen molar-refractivity contribution in [3.05, 3.63) is 53.7 Å². The number of carbonyl (C=O) groups excluding carboxylic acids is 1. The maximum absolute atomic E-state index is 12.0. The van der Waals surface area contributed by atoms with Crippen LogP contribution < -0.4 is 5.32 Å². The third kappa shape index (κ3) is 2.72. The Hall–Kier alpha value is -2.82. The van der Waals surface area contributed by atoms with Gasteiger partial charge in [0.2, 0.25) is 5.91 Å². The van der Waals surface area contributed by atoms with Gasteiger partial charge < -0.3 is 14.9 Å². The van der Waals surface area contributed by atoms with Crippen LogP contribution in [0.3, 0.4) is 0 Å². The van der Waals surface area contributed by atoms with E-state index in [0.29, 0.717) is 17.0 Å². The number of nitrogens with one attached hydrogen (secondary N) is 1. The lowest BCUT2D eigenvalue weighted by Crippen LogP contribution is -2.14. The molecule has 2 N–H and O–H groups in total. The van der Waals surface area contributed by atoms with Gasteiger partial charge in [-0.3, -0.25) is 4.79 Å². The Morgan fingerprint density at radius 3 is 2.90 bits per heavy atom. The Morgan fingerprint density at radius 2 is 2.10 bits per heavy atom. The number of nitrogens with zero attached hydrogens (tertiary/aromatic N) is 1. The number of para-hydroxylation sites is 1. The monoisotopic (exact) mass is 282 g/mol. The van der Waals surface area contributed by atoms with Gasteiger partial charge in [-0.25, -0.2) is 0 Å². The molecule has 0 aliphatic heterocycles. The molecule has 0 saturated carbocycles. The minimum atomic E-state index is -0.211. The van der Waals surface area contributed by atoms with Gasteiger partial charge >= 0.3 is 0 Å². The molecule has 106 valence electrons. The Morgan fingerprint density at radius 1 is 1.29 bits per heavy atom. The average molecular weight is 282 g/mol. The van der Waals surface area contributed by atoms with Crippen LogP contribution in [0.5, 0.6) is 5.75 Å². The molecule has 3 aromatic rings. The van der Waals surface area contributed by atoms with Crippen molar-refractivity contribution in [3.63, 3.8) is 0 Å². The van der Waals surface area contributed by atoms with E-state index in [4.69, 9.17) is 4.52 Å². The fraction of sp³-hybridized carbons (Fsp3) is 0.125. The largest absolute Gasteiger partial charge is 0.508 e. The van der Waals surface area contributed by atoms with Gasteiger partial charge in [0.15, 0.2) is 5.58 Å². The summed E-state index contributed by atoms with van der Waals surface area (Å²) in [5.74, 6) is -0.0583. The number of anilines is 1. The average Bonchev–Trinajstić information content (AvgIpc) is 2.86. The molecule has 3 rings (SSSR count). The first kappa shape index (κ1) is 13.2. The minimum Gasteiger partial charge on any atom is -0.508 e. The summed E-state index contributed by atoms with van der Waals surface area (Å²) in [4.78, 5) is 12.0. The SMILES string of the molecule is Cc1ccc(NC(=O)Cc2noc3ccccc23)cc1O. The summed E-state index contributed by atoms with van der Waals surface area (Å²) in [6, 6.07) is 12.4. The second-order valence-corrected chi connectivity index (χ2v) is 4.85. The first-order chi connectivity index (χ1) is 10.1. The molecule has 5 nitrogen and oxygen atoms in total. The standard InChI is InChI=1S/C16H14N2O3/c1-10-6-7-11(8-14(10)19)17-16(20)9-13-12-4-2-3-5-15(12)21-18-13/h2-8,19H,9H2,1H3,(H,17,20). The van der Waals surface area contributed by atoms with Crippen molar-refractivity contribution in [1.29, 1.82) is 0 Å².